The Bertz CT molecular complexity index is 629. The first kappa shape index (κ1) is 11.8. The number of hydrogen-bond acceptors (Lipinski definition) is 2. The van der Waals surface area contributed by atoms with Crippen molar-refractivity contribution in [2.75, 3.05) is 16.8 Å². The number of anilines is 3. The van der Waals surface area contributed by atoms with E-state index in [0.717, 1.165) is 17.1 Å². The van der Waals surface area contributed by atoms with Crippen molar-refractivity contribution in [1.29, 1.82) is 0 Å². The number of amides is 1. The molecule has 1 aliphatic rings. The van der Waals surface area contributed by atoms with E-state index in [-0.39, 0.29) is 5.91 Å². The number of carbonyl (C=O) groups is 1. The van der Waals surface area contributed by atoms with Crippen molar-refractivity contribution < 1.29 is 4.79 Å². The summed E-state index contributed by atoms with van der Waals surface area (Å²) >= 11 is 0. The minimum absolute atomic E-state index is 0.0290. The van der Waals surface area contributed by atoms with E-state index < -0.39 is 0 Å². The van der Waals surface area contributed by atoms with E-state index in [2.05, 4.69) is 36.2 Å². The zero-order valence-corrected chi connectivity index (χ0v) is 11.1. The summed E-state index contributed by atoms with van der Waals surface area (Å²) in [6.45, 7) is 4.53. The molecule has 2 aromatic carbocycles. The zero-order chi connectivity index (χ0) is 13.4. The summed E-state index contributed by atoms with van der Waals surface area (Å²) in [6, 6.07) is 14.1. The number of nitrogens with zero attached hydrogens (tertiary/aromatic N) is 1. The Morgan fingerprint density at radius 2 is 1.68 bits per heavy atom. The topological polar surface area (TPSA) is 32.3 Å². The first-order chi connectivity index (χ1) is 9.16. The molecule has 0 atom stereocenters. The summed E-state index contributed by atoms with van der Waals surface area (Å²) in [4.78, 5) is 14.0. The second kappa shape index (κ2) is 4.43. The van der Waals surface area contributed by atoms with Gasteiger partial charge in [-0.2, -0.15) is 0 Å². The number of benzene rings is 2. The van der Waals surface area contributed by atoms with Crippen molar-refractivity contribution in [3.05, 3.63) is 53.6 Å². The lowest BCUT2D eigenvalue weighted by Crippen LogP contribution is -2.35. The standard InChI is InChI=1S/C16H16N2O/c1-11-6-5-7-12(2)16(11)18-10-15(19)17-13-8-3-4-9-14(13)18/h3-9H,10H2,1-2H3,(H,17,19). The van der Waals surface area contributed by atoms with Crippen LogP contribution >= 0.6 is 0 Å². The lowest BCUT2D eigenvalue weighted by Gasteiger charge is -2.33. The van der Waals surface area contributed by atoms with Gasteiger partial charge in [-0.1, -0.05) is 30.3 Å². The van der Waals surface area contributed by atoms with Crippen molar-refractivity contribution in [3.8, 4) is 0 Å². The maximum atomic E-state index is 11.9. The lowest BCUT2D eigenvalue weighted by molar-refractivity contribution is -0.115. The highest BCUT2D eigenvalue weighted by Crippen LogP contribution is 2.37. The molecule has 0 unspecified atom stereocenters. The molecule has 0 saturated carbocycles. The molecule has 3 heteroatoms. The first-order valence-corrected chi connectivity index (χ1v) is 6.39. The van der Waals surface area contributed by atoms with Gasteiger partial charge in [0.1, 0.15) is 6.54 Å². The van der Waals surface area contributed by atoms with Crippen LogP contribution in [-0.2, 0) is 4.79 Å². The molecule has 19 heavy (non-hydrogen) atoms. The molecule has 1 aliphatic heterocycles. The smallest absolute Gasteiger partial charge is 0.244 e. The van der Waals surface area contributed by atoms with E-state index in [1.165, 1.54) is 11.1 Å². The number of fused-ring (bicyclic) bond motifs is 1. The minimum atomic E-state index is 0.0290. The summed E-state index contributed by atoms with van der Waals surface area (Å²) in [5.41, 5.74) is 5.43. The maximum Gasteiger partial charge on any atom is 0.244 e. The van der Waals surface area contributed by atoms with Crippen LogP contribution in [0.2, 0.25) is 0 Å². The van der Waals surface area contributed by atoms with Crippen LogP contribution in [0.5, 0.6) is 0 Å². The number of aryl methyl sites for hydroxylation is 2. The first-order valence-electron chi connectivity index (χ1n) is 6.39. The van der Waals surface area contributed by atoms with E-state index in [4.69, 9.17) is 0 Å². The van der Waals surface area contributed by atoms with Crippen LogP contribution in [0.1, 0.15) is 11.1 Å². The van der Waals surface area contributed by atoms with Gasteiger partial charge in [-0.25, -0.2) is 0 Å². The fourth-order valence-corrected chi connectivity index (χ4v) is 2.66. The highest BCUT2D eigenvalue weighted by molar-refractivity contribution is 6.03. The number of para-hydroxylation sites is 3. The van der Waals surface area contributed by atoms with Gasteiger partial charge in [0.25, 0.3) is 0 Å². The molecule has 0 bridgehead atoms. The average molecular weight is 252 g/mol. The summed E-state index contributed by atoms with van der Waals surface area (Å²) < 4.78 is 0. The van der Waals surface area contributed by atoms with Crippen LogP contribution < -0.4 is 10.2 Å². The van der Waals surface area contributed by atoms with Gasteiger partial charge in [-0.15, -0.1) is 0 Å². The van der Waals surface area contributed by atoms with E-state index in [0.29, 0.717) is 6.54 Å². The van der Waals surface area contributed by atoms with E-state index in [9.17, 15) is 4.79 Å². The molecule has 1 amide bonds. The van der Waals surface area contributed by atoms with Gasteiger partial charge in [0, 0.05) is 5.69 Å². The van der Waals surface area contributed by atoms with Gasteiger partial charge in [0.15, 0.2) is 0 Å². The zero-order valence-electron chi connectivity index (χ0n) is 11.1. The van der Waals surface area contributed by atoms with Crippen molar-refractivity contribution in [1.82, 2.24) is 0 Å². The highest BCUT2D eigenvalue weighted by Gasteiger charge is 2.24. The van der Waals surface area contributed by atoms with Crippen molar-refractivity contribution in [3.63, 3.8) is 0 Å². The molecule has 0 fully saturated rings. The molecule has 0 aromatic heterocycles. The Morgan fingerprint density at radius 3 is 2.42 bits per heavy atom. The van der Waals surface area contributed by atoms with Gasteiger partial charge in [0.05, 0.1) is 11.4 Å². The lowest BCUT2D eigenvalue weighted by atomic mass is 10.1. The molecule has 96 valence electrons. The van der Waals surface area contributed by atoms with Crippen LogP contribution in [0.3, 0.4) is 0 Å². The van der Waals surface area contributed by atoms with Gasteiger partial charge in [-0.3, -0.25) is 4.79 Å². The van der Waals surface area contributed by atoms with Crippen molar-refractivity contribution >= 4 is 23.0 Å². The SMILES string of the molecule is Cc1cccc(C)c1N1CC(=O)Nc2ccccc21. The third-order valence-corrected chi connectivity index (χ3v) is 3.48. The molecule has 3 nitrogen and oxygen atoms in total. The Balaban J connectivity index is 2.18. The molecule has 0 radical (unpaired) electrons. The number of nitrogens with one attached hydrogen (secondary N) is 1. The predicted molar refractivity (Wildman–Crippen MR) is 78.0 cm³/mol. The molecular formula is C16H16N2O. The number of hydrogen-bond donors (Lipinski definition) is 1. The second-order valence-electron chi connectivity index (χ2n) is 4.89. The van der Waals surface area contributed by atoms with Gasteiger partial charge < -0.3 is 10.2 Å². The highest BCUT2D eigenvalue weighted by atomic mass is 16.2. The predicted octanol–water partition coefficient (Wildman–Crippen LogP) is 3.39. The molecule has 0 saturated heterocycles. The van der Waals surface area contributed by atoms with Crippen LogP contribution in [0.4, 0.5) is 17.1 Å². The molecule has 1 heterocycles. The molecule has 2 aromatic rings. The second-order valence-corrected chi connectivity index (χ2v) is 4.89. The summed E-state index contributed by atoms with van der Waals surface area (Å²) in [6.07, 6.45) is 0. The van der Waals surface area contributed by atoms with Gasteiger partial charge in [-0.05, 0) is 37.1 Å². The third kappa shape index (κ3) is 1.97. The Morgan fingerprint density at radius 1 is 1.00 bits per heavy atom. The third-order valence-electron chi connectivity index (χ3n) is 3.48. The maximum absolute atomic E-state index is 11.9. The largest absolute Gasteiger partial charge is 0.330 e. The monoisotopic (exact) mass is 252 g/mol. The number of rotatable bonds is 1. The van der Waals surface area contributed by atoms with Crippen LogP contribution in [0, 0.1) is 13.8 Å². The fourth-order valence-electron chi connectivity index (χ4n) is 2.66. The Kier molecular flexibility index (Phi) is 2.75. The Labute approximate surface area is 112 Å². The number of carbonyl (C=O) groups excluding carboxylic acids is 1. The average Bonchev–Trinajstić information content (AvgIpc) is 2.38. The molecule has 1 N–H and O–H groups in total. The summed E-state index contributed by atoms with van der Waals surface area (Å²) in [5.74, 6) is 0.0290. The quantitative estimate of drug-likeness (QED) is 0.843. The van der Waals surface area contributed by atoms with E-state index in [1.54, 1.807) is 0 Å². The van der Waals surface area contributed by atoms with E-state index in [1.807, 2.05) is 30.3 Å². The van der Waals surface area contributed by atoms with Crippen LogP contribution in [-0.4, -0.2) is 12.5 Å². The Hall–Kier alpha value is -2.29. The molecule has 3 rings (SSSR count). The minimum Gasteiger partial charge on any atom is -0.330 e. The molecular weight excluding hydrogens is 236 g/mol. The van der Waals surface area contributed by atoms with Crippen molar-refractivity contribution in [2.24, 2.45) is 0 Å². The molecule has 0 aliphatic carbocycles. The van der Waals surface area contributed by atoms with Gasteiger partial charge in [0.2, 0.25) is 5.91 Å². The normalized spacial score (nSPS) is 14.0. The summed E-state index contributed by atoms with van der Waals surface area (Å²) in [7, 11) is 0. The fraction of sp³-hybridized carbons (Fsp3) is 0.188. The van der Waals surface area contributed by atoms with E-state index >= 15 is 0 Å². The van der Waals surface area contributed by atoms with Crippen LogP contribution in [0.15, 0.2) is 42.5 Å². The summed E-state index contributed by atoms with van der Waals surface area (Å²) in [5, 5.41) is 2.92. The van der Waals surface area contributed by atoms with Gasteiger partial charge >= 0.3 is 0 Å². The van der Waals surface area contributed by atoms with Crippen LogP contribution in [0.25, 0.3) is 0 Å². The van der Waals surface area contributed by atoms with Crippen molar-refractivity contribution in [2.45, 2.75) is 13.8 Å². The molecule has 0 spiro atoms.